The zero-order valence-electron chi connectivity index (χ0n) is 9.17. The smallest absolute Gasteiger partial charge is 0.275 e. The van der Waals surface area contributed by atoms with Crippen LogP contribution >= 0.6 is 11.6 Å². The molecule has 0 aromatic heterocycles. The molecule has 0 spiro atoms. The van der Waals surface area contributed by atoms with Crippen LogP contribution in [0.1, 0.15) is 12.0 Å². The Morgan fingerprint density at radius 3 is 2.94 bits per heavy atom. The number of aliphatic hydroxyl groups excluding tert-OH is 1. The van der Waals surface area contributed by atoms with Gasteiger partial charge in [-0.3, -0.25) is 15.0 Å². The average molecular weight is 257 g/mol. The Kier molecular flexibility index (Phi) is 3.61. The fraction of sp³-hybridized carbons (Fsp3) is 0.455. The number of nitrogens with zero attached hydrogens (tertiary/aromatic N) is 2. The van der Waals surface area contributed by atoms with Crippen LogP contribution in [-0.2, 0) is 6.54 Å². The van der Waals surface area contributed by atoms with Crippen molar-refractivity contribution in [2.75, 3.05) is 13.1 Å². The predicted octanol–water partition coefficient (Wildman–Crippen LogP) is 1.81. The molecule has 0 bridgehead atoms. The number of β-amino-alcohol motifs (C(OH)–C–C–N with tert-alkyl or cyclic N) is 1. The van der Waals surface area contributed by atoms with Gasteiger partial charge in [0, 0.05) is 25.7 Å². The molecule has 1 saturated heterocycles. The van der Waals surface area contributed by atoms with Crippen molar-refractivity contribution in [3.05, 3.63) is 38.9 Å². The van der Waals surface area contributed by atoms with Gasteiger partial charge in [-0.05, 0) is 12.5 Å². The van der Waals surface area contributed by atoms with Crippen molar-refractivity contribution in [3.63, 3.8) is 0 Å². The van der Waals surface area contributed by atoms with Crippen LogP contribution in [-0.4, -0.2) is 34.1 Å². The average Bonchev–Trinajstić information content (AvgIpc) is 2.67. The molecule has 0 radical (unpaired) electrons. The van der Waals surface area contributed by atoms with E-state index in [1.807, 2.05) is 4.90 Å². The molecule has 1 N–H and O–H groups in total. The largest absolute Gasteiger partial charge is 0.392 e. The highest BCUT2D eigenvalue weighted by Gasteiger charge is 2.24. The van der Waals surface area contributed by atoms with Crippen LogP contribution in [0, 0.1) is 10.1 Å². The maximum atomic E-state index is 10.9. The molecule has 1 aromatic rings. The molecule has 0 saturated carbocycles. The van der Waals surface area contributed by atoms with Crippen molar-refractivity contribution in [1.82, 2.24) is 4.90 Å². The van der Waals surface area contributed by atoms with Crippen molar-refractivity contribution in [2.24, 2.45) is 0 Å². The molecule has 1 aromatic carbocycles. The summed E-state index contributed by atoms with van der Waals surface area (Å²) in [5.74, 6) is 0. The molecule has 17 heavy (non-hydrogen) atoms. The minimum absolute atomic E-state index is 0.0406. The second kappa shape index (κ2) is 5.00. The first-order valence-corrected chi connectivity index (χ1v) is 5.78. The molecule has 0 unspecified atom stereocenters. The summed E-state index contributed by atoms with van der Waals surface area (Å²) in [5.41, 5.74) is 0.562. The van der Waals surface area contributed by atoms with Crippen molar-refractivity contribution < 1.29 is 10.0 Å². The Balaban J connectivity index is 2.22. The van der Waals surface area contributed by atoms with Crippen LogP contribution in [0.25, 0.3) is 0 Å². The van der Waals surface area contributed by atoms with Gasteiger partial charge < -0.3 is 5.11 Å². The third kappa shape index (κ3) is 2.74. The van der Waals surface area contributed by atoms with Crippen molar-refractivity contribution in [3.8, 4) is 0 Å². The first kappa shape index (κ1) is 12.3. The van der Waals surface area contributed by atoms with E-state index in [0.717, 1.165) is 6.54 Å². The Hall–Kier alpha value is -1.17. The summed E-state index contributed by atoms with van der Waals surface area (Å²) >= 11 is 5.99. The summed E-state index contributed by atoms with van der Waals surface area (Å²) in [4.78, 5) is 12.4. The van der Waals surface area contributed by atoms with Gasteiger partial charge in [-0.2, -0.15) is 0 Å². The summed E-state index contributed by atoms with van der Waals surface area (Å²) in [7, 11) is 0. The van der Waals surface area contributed by atoms with Gasteiger partial charge in [-0.15, -0.1) is 0 Å². The van der Waals surface area contributed by atoms with Crippen molar-refractivity contribution >= 4 is 17.3 Å². The fourth-order valence-electron chi connectivity index (χ4n) is 2.05. The Labute approximate surface area is 104 Å². The number of likely N-dealkylation sites (tertiary alicyclic amines) is 1. The molecule has 5 nitrogen and oxygen atoms in total. The van der Waals surface area contributed by atoms with E-state index in [9.17, 15) is 15.2 Å². The summed E-state index contributed by atoms with van der Waals surface area (Å²) in [6, 6.07) is 4.67. The second-order valence-corrected chi connectivity index (χ2v) is 4.58. The van der Waals surface area contributed by atoms with E-state index in [2.05, 4.69) is 0 Å². The van der Waals surface area contributed by atoms with Crippen LogP contribution in [0.3, 0.4) is 0 Å². The molecule has 1 aliphatic heterocycles. The second-order valence-electron chi connectivity index (χ2n) is 4.17. The molecule has 1 heterocycles. The standard InChI is InChI=1S/C11H13ClN2O3/c12-10-2-1-3-11(14(16)17)9(10)7-13-5-4-8(15)6-13/h1-3,8,15H,4-7H2/t8-/m1/s1. The number of rotatable bonds is 3. The van der Waals surface area contributed by atoms with Crippen molar-refractivity contribution in [2.45, 2.75) is 19.1 Å². The van der Waals surface area contributed by atoms with Crippen LogP contribution in [0.4, 0.5) is 5.69 Å². The number of nitro groups is 1. The van der Waals surface area contributed by atoms with Gasteiger partial charge in [0.1, 0.15) is 0 Å². The van der Waals surface area contributed by atoms with Gasteiger partial charge in [0.2, 0.25) is 0 Å². The third-order valence-corrected chi connectivity index (χ3v) is 3.27. The molecule has 1 fully saturated rings. The first-order valence-electron chi connectivity index (χ1n) is 5.40. The molecule has 1 atom stereocenters. The highest BCUT2D eigenvalue weighted by Crippen LogP contribution is 2.28. The zero-order valence-corrected chi connectivity index (χ0v) is 9.93. The van der Waals surface area contributed by atoms with Gasteiger partial charge in [-0.1, -0.05) is 17.7 Å². The molecule has 1 aliphatic rings. The monoisotopic (exact) mass is 256 g/mol. The number of halogens is 1. The van der Waals surface area contributed by atoms with E-state index < -0.39 is 4.92 Å². The number of benzene rings is 1. The Morgan fingerprint density at radius 1 is 1.59 bits per heavy atom. The summed E-state index contributed by atoms with van der Waals surface area (Å²) in [6.45, 7) is 1.69. The Bertz CT molecular complexity index is 439. The Morgan fingerprint density at radius 2 is 2.35 bits per heavy atom. The lowest BCUT2D eigenvalue weighted by atomic mass is 10.1. The van der Waals surface area contributed by atoms with Crippen LogP contribution in [0.5, 0.6) is 0 Å². The number of aliphatic hydroxyl groups is 1. The molecule has 6 heteroatoms. The molecule has 2 rings (SSSR count). The highest BCUT2D eigenvalue weighted by atomic mass is 35.5. The van der Waals surface area contributed by atoms with Crippen molar-refractivity contribution in [1.29, 1.82) is 0 Å². The van der Waals surface area contributed by atoms with E-state index in [1.54, 1.807) is 12.1 Å². The van der Waals surface area contributed by atoms with Gasteiger partial charge >= 0.3 is 0 Å². The maximum absolute atomic E-state index is 10.9. The quantitative estimate of drug-likeness (QED) is 0.662. The van der Waals surface area contributed by atoms with Gasteiger partial charge in [0.15, 0.2) is 0 Å². The number of hydrogen-bond donors (Lipinski definition) is 1. The van der Waals surface area contributed by atoms with E-state index in [0.29, 0.717) is 30.1 Å². The zero-order chi connectivity index (χ0) is 12.4. The highest BCUT2D eigenvalue weighted by molar-refractivity contribution is 6.31. The van der Waals surface area contributed by atoms with E-state index >= 15 is 0 Å². The van der Waals surface area contributed by atoms with Crippen LogP contribution < -0.4 is 0 Å². The fourth-order valence-corrected chi connectivity index (χ4v) is 2.28. The lowest BCUT2D eigenvalue weighted by Crippen LogP contribution is -2.22. The van der Waals surface area contributed by atoms with E-state index in [-0.39, 0.29) is 11.8 Å². The molecule has 0 aliphatic carbocycles. The molecular formula is C11H13ClN2O3. The number of hydrogen-bond acceptors (Lipinski definition) is 4. The SMILES string of the molecule is O=[N+]([O-])c1cccc(Cl)c1CN1CC[C@@H](O)C1. The lowest BCUT2D eigenvalue weighted by molar-refractivity contribution is -0.385. The van der Waals surface area contributed by atoms with Gasteiger partial charge in [0.25, 0.3) is 5.69 Å². The lowest BCUT2D eigenvalue weighted by Gasteiger charge is -2.15. The first-order chi connectivity index (χ1) is 8.08. The molecule has 92 valence electrons. The minimum Gasteiger partial charge on any atom is -0.392 e. The predicted molar refractivity (Wildman–Crippen MR) is 64.0 cm³/mol. The normalized spacial score (nSPS) is 20.7. The van der Waals surface area contributed by atoms with Gasteiger partial charge in [0.05, 0.1) is 21.6 Å². The topological polar surface area (TPSA) is 66.6 Å². The molecular weight excluding hydrogens is 244 g/mol. The molecule has 0 amide bonds. The number of nitro benzene ring substituents is 1. The third-order valence-electron chi connectivity index (χ3n) is 2.92. The maximum Gasteiger partial charge on any atom is 0.275 e. The summed E-state index contributed by atoms with van der Waals surface area (Å²) in [6.07, 6.45) is 0.370. The minimum atomic E-state index is -0.423. The summed E-state index contributed by atoms with van der Waals surface area (Å²) < 4.78 is 0. The van der Waals surface area contributed by atoms with E-state index in [4.69, 9.17) is 11.6 Å². The van der Waals surface area contributed by atoms with E-state index in [1.165, 1.54) is 6.07 Å². The summed E-state index contributed by atoms with van der Waals surface area (Å²) in [5, 5.41) is 20.7. The van der Waals surface area contributed by atoms with Crippen LogP contribution in [0.15, 0.2) is 18.2 Å². The van der Waals surface area contributed by atoms with Crippen LogP contribution in [0.2, 0.25) is 5.02 Å². The van der Waals surface area contributed by atoms with Gasteiger partial charge in [-0.25, -0.2) is 0 Å².